The molecule has 0 bridgehead atoms. The molecule has 4 fully saturated rings. The maximum Gasteiger partial charge on any atom is 0.0882 e. The molecule has 0 aliphatic heterocycles. The minimum absolute atomic E-state index is 0.493. The Morgan fingerprint density at radius 3 is 2.64 bits per heavy atom. The van der Waals surface area contributed by atoms with E-state index in [0.717, 1.165) is 42.4 Å². The van der Waals surface area contributed by atoms with Gasteiger partial charge in [0, 0.05) is 7.11 Å². The van der Waals surface area contributed by atoms with Crippen LogP contribution in [-0.4, -0.2) is 24.4 Å². The fourth-order valence-corrected chi connectivity index (χ4v) is 7.89. The maximum atomic E-state index is 10.9. The third kappa shape index (κ3) is 2.92. The lowest BCUT2D eigenvalue weighted by Crippen LogP contribution is -2.53. The van der Waals surface area contributed by atoms with E-state index >= 15 is 0 Å². The van der Waals surface area contributed by atoms with Gasteiger partial charge in [-0.05, 0) is 106 Å². The lowest BCUT2D eigenvalue weighted by Gasteiger charge is -2.59. The Bertz CT molecular complexity index is 526. The molecule has 0 spiro atoms. The Kier molecular flexibility index (Phi) is 4.82. The smallest absolute Gasteiger partial charge is 0.0882 e. The molecule has 7 atom stereocenters. The summed E-state index contributed by atoms with van der Waals surface area (Å²) in [5.74, 6) is 4.41. The second-order valence-electron chi connectivity index (χ2n) is 10.00. The van der Waals surface area contributed by atoms with Gasteiger partial charge in [-0.3, -0.25) is 0 Å². The molecule has 0 aromatic heterocycles. The maximum absolute atomic E-state index is 10.9. The van der Waals surface area contributed by atoms with Crippen molar-refractivity contribution in [1.29, 1.82) is 0 Å². The van der Waals surface area contributed by atoms with Crippen molar-refractivity contribution in [3.63, 3.8) is 0 Å². The van der Waals surface area contributed by atoms with Gasteiger partial charge in [-0.2, -0.15) is 0 Å². The lowest BCUT2D eigenvalue weighted by molar-refractivity contribution is -0.124. The zero-order valence-corrected chi connectivity index (χ0v) is 16.6. The van der Waals surface area contributed by atoms with Gasteiger partial charge in [-0.25, -0.2) is 0 Å². The van der Waals surface area contributed by atoms with Gasteiger partial charge >= 0.3 is 0 Å². The summed E-state index contributed by atoms with van der Waals surface area (Å²) < 4.78 is 5.32. The first-order valence-corrected chi connectivity index (χ1v) is 10.9. The van der Waals surface area contributed by atoms with Gasteiger partial charge in [-0.1, -0.05) is 18.6 Å². The fraction of sp³-hybridized carbons (Fsp3) is 0.913. The minimum Gasteiger partial charge on any atom is -0.387 e. The van der Waals surface area contributed by atoms with Crippen LogP contribution < -0.4 is 0 Å². The fourth-order valence-electron chi connectivity index (χ4n) is 7.89. The van der Waals surface area contributed by atoms with E-state index in [1.165, 1.54) is 51.4 Å². The van der Waals surface area contributed by atoms with Crippen molar-refractivity contribution >= 4 is 0 Å². The van der Waals surface area contributed by atoms with Crippen LogP contribution in [0.25, 0.3) is 0 Å². The van der Waals surface area contributed by atoms with E-state index in [1.807, 2.05) is 0 Å². The molecule has 0 amide bonds. The SMILES string of the molecule is C/C=C1/CCC[C@H]2[C@@H]3CC[C@@H]4C[C@@](O)(COC)CC[C@@H]4[C@H]3CC[C@]12C. The number of fused-ring (bicyclic) bond motifs is 5. The van der Waals surface area contributed by atoms with Crippen LogP contribution in [0.1, 0.15) is 78.1 Å². The van der Waals surface area contributed by atoms with Crippen LogP contribution in [0.4, 0.5) is 0 Å². The average Bonchev–Trinajstić information content (AvgIpc) is 2.60. The van der Waals surface area contributed by atoms with Gasteiger partial charge in [0.05, 0.1) is 12.2 Å². The minimum atomic E-state index is -0.547. The van der Waals surface area contributed by atoms with Crippen LogP contribution in [0.3, 0.4) is 0 Å². The zero-order chi connectivity index (χ0) is 17.7. The van der Waals surface area contributed by atoms with Gasteiger partial charge in [0.2, 0.25) is 0 Å². The average molecular weight is 347 g/mol. The molecule has 0 saturated heterocycles. The molecule has 0 radical (unpaired) electrons. The van der Waals surface area contributed by atoms with E-state index in [0.29, 0.717) is 12.0 Å². The summed E-state index contributed by atoms with van der Waals surface area (Å²) in [4.78, 5) is 0. The molecule has 1 N–H and O–H groups in total. The molecular formula is C23H38O2. The summed E-state index contributed by atoms with van der Waals surface area (Å²) in [7, 11) is 1.73. The molecule has 142 valence electrons. The highest BCUT2D eigenvalue weighted by Crippen LogP contribution is 2.63. The molecule has 2 heteroatoms. The highest BCUT2D eigenvalue weighted by atomic mass is 16.5. The van der Waals surface area contributed by atoms with Gasteiger partial charge in [0.15, 0.2) is 0 Å². The molecule has 2 nitrogen and oxygen atoms in total. The Balaban J connectivity index is 1.53. The van der Waals surface area contributed by atoms with Gasteiger partial charge in [-0.15, -0.1) is 0 Å². The zero-order valence-electron chi connectivity index (χ0n) is 16.6. The normalized spacial score (nSPS) is 51.5. The predicted molar refractivity (Wildman–Crippen MR) is 102 cm³/mol. The van der Waals surface area contributed by atoms with Crippen LogP contribution in [0, 0.1) is 35.0 Å². The number of methoxy groups -OCH3 is 1. The summed E-state index contributed by atoms with van der Waals surface area (Å²) in [6, 6.07) is 0. The topological polar surface area (TPSA) is 29.5 Å². The monoisotopic (exact) mass is 346 g/mol. The van der Waals surface area contributed by atoms with E-state index < -0.39 is 5.60 Å². The predicted octanol–water partition coefficient (Wildman–Crippen LogP) is 5.35. The molecule has 4 rings (SSSR count). The van der Waals surface area contributed by atoms with E-state index in [2.05, 4.69) is 19.9 Å². The van der Waals surface area contributed by atoms with Crippen LogP contribution in [0.2, 0.25) is 0 Å². The van der Waals surface area contributed by atoms with Crippen molar-refractivity contribution in [2.24, 2.45) is 35.0 Å². The summed E-state index contributed by atoms with van der Waals surface area (Å²) in [5, 5.41) is 10.9. The van der Waals surface area contributed by atoms with E-state index in [1.54, 1.807) is 12.7 Å². The summed E-state index contributed by atoms with van der Waals surface area (Å²) in [6.07, 6.45) is 15.4. The van der Waals surface area contributed by atoms with Crippen molar-refractivity contribution in [2.75, 3.05) is 13.7 Å². The van der Waals surface area contributed by atoms with Crippen LogP contribution in [-0.2, 0) is 4.74 Å². The van der Waals surface area contributed by atoms with Crippen LogP contribution >= 0.6 is 0 Å². The second kappa shape index (κ2) is 6.68. The van der Waals surface area contributed by atoms with Crippen molar-refractivity contribution < 1.29 is 9.84 Å². The van der Waals surface area contributed by atoms with Crippen LogP contribution in [0.15, 0.2) is 11.6 Å². The summed E-state index contributed by atoms with van der Waals surface area (Å²) in [6.45, 7) is 5.38. The van der Waals surface area contributed by atoms with E-state index in [9.17, 15) is 5.11 Å². The number of hydrogen-bond acceptors (Lipinski definition) is 2. The molecular weight excluding hydrogens is 308 g/mol. The number of aliphatic hydroxyl groups is 1. The van der Waals surface area contributed by atoms with E-state index in [4.69, 9.17) is 4.74 Å². The molecule has 4 aliphatic rings. The van der Waals surface area contributed by atoms with Gasteiger partial charge in [0.1, 0.15) is 0 Å². The van der Waals surface area contributed by atoms with Crippen molar-refractivity contribution in [3.05, 3.63) is 11.6 Å². The lowest BCUT2D eigenvalue weighted by atomic mass is 9.46. The Morgan fingerprint density at radius 2 is 1.88 bits per heavy atom. The molecule has 4 saturated carbocycles. The Morgan fingerprint density at radius 1 is 1.08 bits per heavy atom. The summed E-state index contributed by atoms with van der Waals surface area (Å²) in [5.41, 5.74) is 1.71. The Labute approximate surface area is 154 Å². The first-order valence-electron chi connectivity index (χ1n) is 10.9. The van der Waals surface area contributed by atoms with Crippen molar-refractivity contribution in [2.45, 2.75) is 83.7 Å². The molecule has 0 heterocycles. The highest BCUT2D eigenvalue weighted by molar-refractivity contribution is 5.20. The van der Waals surface area contributed by atoms with E-state index in [-0.39, 0.29) is 0 Å². The largest absolute Gasteiger partial charge is 0.387 e. The number of ether oxygens (including phenoxy) is 1. The molecule has 0 aromatic carbocycles. The third-order valence-electron chi connectivity index (χ3n) is 8.95. The van der Waals surface area contributed by atoms with Gasteiger partial charge in [0.25, 0.3) is 0 Å². The third-order valence-corrected chi connectivity index (χ3v) is 8.95. The van der Waals surface area contributed by atoms with Crippen molar-refractivity contribution in [1.82, 2.24) is 0 Å². The Hall–Kier alpha value is -0.340. The number of hydrogen-bond donors (Lipinski definition) is 1. The summed E-state index contributed by atoms with van der Waals surface area (Å²) >= 11 is 0. The standard InChI is InChI=1S/C23H38O2/c1-4-17-6-5-7-21-20-9-8-16-14-23(24,15-25-3)13-11-18(16)19(20)10-12-22(17,21)2/h4,16,18-21,24H,5-15H2,1-3H3/b17-4-/t16-,18+,19-,20-,21+,22-,23-/m1/s1. The first-order chi connectivity index (χ1) is 12.0. The first kappa shape index (κ1) is 18.0. The van der Waals surface area contributed by atoms with Crippen molar-refractivity contribution in [3.8, 4) is 0 Å². The number of rotatable bonds is 2. The molecule has 4 aliphatic carbocycles. The van der Waals surface area contributed by atoms with Gasteiger partial charge < -0.3 is 9.84 Å². The second-order valence-corrected chi connectivity index (χ2v) is 10.00. The molecule has 25 heavy (non-hydrogen) atoms. The highest BCUT2D eigenvalue weighted by Gasteiger charge is 2.55. The van der Waals surface area contributed by atoms with Crippen LogP contribution in [0.5, 0.6) is 0 Å². The quantitative estimate of drug-likeness (QED) is 0.683. The number of allylic oxidation sites excluding steroid dienone is 2. The molecule has 0 unspecified atom stereocenters. The molecule has 0 aromatic rings.